The Kier molecular flexibility index (Phi) is 4.30. The third-order valence-electron chi connectivity index (χ3n) is 4.69. The summed E-state index contributed by atoms with van der Waals surface area (Å²) in [7, 11) is 2.07. The Morgan fingerprint density at radius 1 is 0.955 bits per heavy atom. The summed E-state index contributed by atoms with van der Waals surface area (Å²) in [5.74, 6) is 0. The molecular formula is C19H23NO2. The summed E-state index contributed by atoms with van der Waals surface area (Å²) < 4.78 is 0. The van der Waals surface area contributed by atoms with Crippen molar-refractivity contribution < 1.29 is 10.2 Å². The van der Waals surface area contributed by atoms with Crippen LogP contribution in [-0.4, -0.2) is 35.3 Å². The Balaban J connectivity index is 1.97. The third-order valence-corrected chi connectivity index (χ3v) is 4.69. The Morgan fingerprint density at radius 3 is 2.23 bits per heavy atom. The molecule has 0 aromatic heterocycles. The van der Waals surface area contributed by atoms with Crippen molar-refractivity contribution in [3.05, 3.63) is 71.3 Å². The van der Waals surface area contributed by atoms with Gasteiger partial charge in [-0.05, 0) is 36.6 Å². The molecule has 2 aromatic carbocycles. The van der Waals surface area contributed by atoms with E-state index in [2.05, 4.69) is 11.9 Å². The summed E-state index contributed by atoms with van der Waals surface area (Å²) in [6, 6.07) is 17.3. The molecule has 3 heteroatoms. The molecule has 0 saturated carbocycles. The number of hydrogen-bond acceptors (Lipinski definition) is 3. The first kappa shape index (κ1) is 15.2. The van der Waals surface area contributed by atoms with Crippen molar-refractivity contribution in [2.45, 2.75) is 24.5 Å². The molecule has 1 atom stereocenters. The maximum Gasteiger partial charge on any atom is 0.104 e. The van der Waals surface area contributed by atoms with Gasteiger partial charge in [-0.3, -0.25) is 0 Å². The lowest BCUT2D eigenvalue weighted by atomic mass is 9.80. The normalized spacial score (nSPS) is 19.8. The molecule has 3 nitrogen and oxygen atoms in total. The average Bonchev–Trinajstić information content (AvgIpc) is 2.58. The second kappa shape index (κ2) is 6.21. The summed E-state index contributed by atoms with van der Waals surface area (Å²) in [5.41, 5.74) is 1.67. The molecule has 0 spiro atoms. The van der Waals surface area contributed by atoms with Crippen LogP contribution in [0, 0.1) is 0 Å². The van der Waals surface area contributed by atoms with E-state index in [9.17, 15) is 10.2 Å². The zero-order valence-corrected chi connectivity index (χ0v) is 12.9. The maximum absolute atomic E-state index is 11.1. The van der Waals surface area contributed by atoms with Crippen LogP contribution >= 0.6 is 0 Å². The van der Waals surface area contributed by atoms with E-state index >= 15 is 0 Å². The fraction of sp³-hybridized carbons (Fsp3) is 0.368. The number of benzene rings is 2. The Bertz CT molecular complexity index is 618. The number of aliphatic hydroxyl groups excluding tert-OH is 1. The van der Waals surface area contributed by atoms with Crippen LogP contribution in [0.5, 0.6) is 0 Å². The van der Waals surface area contributed by atoms with Crippen LogP contribution in [0.25, 0.3) is 0 Å². The number of aliphatic hydroxyl groups is 2. The van der Waals surface area contributed by atoms with Gasteiger partial charge in [0.25, 0.3) is 0 Å². The molecule has 0 aliphatic carbocycles. The smallest absolute Gasteiger partial charge is 0.104 e. The van der Waals surface area contributed by atoms with Crippen LogP contribution < -0.4 is 0 Å². The quantitative estimate of drug-likeness (QED) is 0.915. The summed E-state index contributed by atoms with van der Waals surface area (Å²) >= 11 is 0. The standard InChI is InChI=1S/C19H23NO2/c1-20-13-11-19(22,12-14-20)17-10-6-5-9-16(17)18(21)15-7-3-2-4-8-15/h2-10,18,21-22H,11-14H2,1H3/t18-/m0/s1. The Hall–Kier alpha value is -1.68. The van der Waals surface area contributed by atoms with E-state index in [-0.39, 0.29) is 0 Å². The number of piperidine rings is 1. The van der Waals surface area contributed by atoms with E-state index in [0.717, 1.165) is 29.8 Å². The van der Waals surface area contributed by atoms with Crippen molar-refractivity contribution >= 4 is 0 Å². The lowest BCUT2D eigenvalue weighted by Gasteiger charge is -2.38. The van der Waals surface area contributed by atoms with Gasteiger partial charge < -0.3 is 15.1 Å². The van der Waals surface area contributed by atoms with Gasteiger partial charge in [-0.1, -0.05) is 54.6 Å². The van der Waals surface area contributed by atoms with Gasteiger partial charge in [0.15, 0.2) is 0 Å². The minimum atomic E-state index is -0.848. The Morgan fingerprint density at radius 2 is 1.55 bits per heavy atom. The van der Waals surface area contributed by atoms with Gasteiger partial charge in [0.05, 0.1) is 5.60 Å². The monoisotopic (exact) mass is 297 g/mol. The lowest BCUT2D eigenvalue weighted by molar-refractivity contribution is -0.0222. The van der Waals surface area contributed by atoms with Crippen LogP contribution in [-0.2, 0) is 5.60 Å². The van der Waals surface area contributed by atoms with Gasteiger partial charge >= 0.3 is 0 Å². The van der Waals surface area contributed by atoms with Gasteiger partial charge in [-0.2, -0.15) is 0 Å². The number of nitrogens with zero attached hydrogens (tertiary/aromatic N) is 1. The van der Waals surface area contributed by atoms with E-state index in [1.807, 2.05) is 54.6 Å². The number of rotatable bonds is 3. The molecule has 0 radical (unpaired) electrons. The van der Waals surface area contributed by atoms with Crippen molar-refractivity contribution in [1.82, 2.24) is 4.90 Å². The highest BCUT2D eigenvalue weighted by Gasteiger charge is 2.35. The van der Waals surface area contributed by atoms with Crippen molar-refractivity contribution in [2.24, 2.45) is 0 Å². The summed E-state index contributed by atoms with van der Waals surface area (Å²) in [6.45, 7) is 1.73. The van der Waals surface area contributed by atoms with Crippen molar-refractivity contribution in [3.8, 4) is 0 Å². The molecule has 0 unspecified atom stereocenters. The highest BCUT2D eigenvalue weighted by Crippen LogP contribution is 2.37. The number of hydrogen-bond donors (Lipinski definition) is 2. The SMILES string of the molecule is CN1CCC(O)(c2ccccc2[C@@H](O)c2ccccc2)CC1. The molecule has 1 heterocycles. The highest BCUT2D eigenvalue weighted by molar-refractivity contribution is 5.39. The van der Waals surface area contributed by atoms with Crippen LogP contribution in [0.4, 0.5) is 0 Å². The molecule has 0 bridgehead atoms. The molecule has 2 aromatic rings. The largest absolute Gasteiger partial charge is 0.385 e. The molecule has 2 N–H and O–H groups in total. The molecule has 22 heavy (non-hydrogen) atoms. The summed E-state index contributed by atoms with van der Waals surface area (Å²) in [6.07, 6.45) is 0.686. The van der Waals surface area contributed by atoms with E-state index < -0.39 is 11.7 Å². The van der Waals surface area contributed by atoms with E-state index in [0.29, 0.717) is 12.8 Å². The minimum Gasteiger partial charge on any atom is -0.385 e. The molecule has 116 valence electrons. The first-order valence-electron chi connectivity index (χ1n) is 7.83. The average molecular weight is 297 g/mol. The van der Waals surface area contributed by atoms with Gasteiger partial charge in [-0.15, -0.1) is 0 Å². The first-order valence-corrected chi connectivity index (χ1v) is 7.83. The zero-order chi connectivity index (χ0) is 15.6. The fourth-order valence-corrected chi connectivity index (χ4v) is 3.23. The van der Waals surface area contributed by atoms with E-state index in [1.165, 1.54) is 0 Å². The van der Waals surface area contributed by atoms with E-state index in [4.69, 9.17) is 0 Å². The summed E-state index contributed by atoms with van der Waals surface area (Å²) in [4.78, 5) is 2.23. The van der Waals surface area contributed by atoms with Crippen molar-refractivity contribution in [1.29, 1.82) is 0 Å². The van der Waals surface area contributed by atoms with Gasteiger partial charge in [0.1, 0.15) is 6.10 Å². The minimum absolute atomic E-state index is 0.696. The van der Waals surface area contributed by atoms with E-state index in [1.54, 1.807) is 0 Å². The predicted molar refractivity (Wildman–Crippen MR) is 87.6 cm³/mol. The Labute approximate surface area is 131 Å². The van der Waals surface area contributed by atoms with Crippen molar-refractivity contribution in [2.75, 3.05) is 20.1 Å². The number of likely N-dealkylation sites (tertiary alicyclic amines) is 1. The van der Waals surface area contributed by atoms with Crippen LogP contribution in [0.3, 0.4) is 0 Å². The summed E-state index contributed by atoms with van der Waals surface area (Å²) in [5, 5.41) is 21.8. The molecule has 1 saturated heterocycles. The highest BCUT2D eigenvalue weighted by atomic mass is 16.3. The van der Waals surface area contributed by atoms with Gasteiger partial charge in [-0.25, -0.2) is 0 Å². The molecule has 1 fully saturated rings. The fourth-order valence-electron chi connectivity index (χ4n) is 3.23. The van der Waals surface area contributed by atoms with Gasteiger partial charge in [0.2, 0.25) is 0 Å². The van der Waals surface area contributed by atoms with Crippen LogP contribution in [0.1, 0.15) is 35.6 Å². The molecule has 1 aliphatic heterocycles. The molecular weight excluding hydrogens is 274 g/mol. The van der Waals surface area contributed by atoms with Crippen LogP contribution in [0.2, 0.25) is 0 Å². The predicted octanol–water partition coefficient (Wildman–Crippen LogP) is 2.68. The van der Waals surface area contributed by atoms with Crippen molar-refractivity contribution in [3.63, 3.8) is 0 Å². The second-order valence-electron chi connectivity index (χ2n) is 6.24. The van der Waals surface area contributed by atoms with Gasteiger partial charge in [0, 0.05) is 13.1 Å². The second-order valence-corrected chi connectivity index (χ2v) is 6.24. The first-order chi connectivity index (χ1) is 10.6. The maximum atomic E-state index is 11.1. The molecule has 3 rings (SSSR count). The topological polar surface area (TPSA) is 43.7 Å². The molecule has 1 aliphatic rings. The lowest BCUT2D eigenvalue weighted by Crippen LogP contribution is -2.41. The van der Waals surface area contributed by atoms with Crippen LogP contribution in [0.15, 0.2) is 54.6 Å². The molecule has 0 amide bonds. The third kappa shape index (κ3) is 2.93. The zero-order valence-electron chi connectivity index (χ0n) is 12.9.